The molecule has 2 aliphatic rings. The summed E-state index contributed by atoms with van der Waals surface area (Å²) in [6.45, 7) is 2.79. The van der Waals surface area contributed by atoms with Crippen LogP contribution in [-0.4, -0.2) is 140 Å². The number of hydrogen-bond donors (Lipinski definition) is 9. The van der Waals surface area contributed by atoms with Crippen LogP contribution in [0.25, 0.3) is 0 Å². The maximum Gasteiger partial charge on any atom is 0.220 e. The number of ether oxygens (including phenoxy) is 4. The van der Waals surface area contributed by atoms with Crippen molar-refractivity contribution >= 4 is 5.91 Å². The van der Waals surface area contributed by atoms with E-state index in [2.05, 4.69) is 31.3 Å². The fraction of sp³-hybridized carbons (Fsp3) is 0.907. The van der Waals surface area contributed by atoms with Gasteiger partial charge in [-0.25, -0.2) is 0 Å². The van der Waals surface area contributed by atoms with Gasteiger partial charge < -0.3 is 65.1 Å². The second-order valence-electron chi connectivity index (χ2n) is 19.7. The monoisotopic (exact) mass is 972 g/mol. The minimum Gasteiger partial charge on any atom is -0.394 e. The fourth-order valence-corrected chi connectivity index (χ4v) is 9.13. The molecule has 400 valence electrons. The number of amides is 1. The van der Waals surface area contributed by atoms with E-state index in [0.29, 0.717) is 12.8 Å². The molecular weight excluding hydrogens is 871 g/mol. The summed E-state index contributed by atoms with van der Waals surface area (Å²) in [6, 6.07) is -0.926. The van der Waals surface area contributed by atoms with Crippen molar-refractivity contribution in [2.45, 2.75) is 293 Å². The van der Waals surface area contributed by atoms with Crippen molar-refractivity contribution in [2.24, 2.45) is 0 Å². The Labute approximate surface area is 411 Å². The molecule has 0 aliphatic carbocycles. The van der Waals surface area contributed by atoms with Crippen LogP contribution in [0.15, 0.2) is 24.3 Å². The molecule has 0 bridgehead atoms. The summed E-state index contributed by atoms with van der Waals surface area (Å²) in [5.41, 5.74) is 0. The molecule has 14 nitrogen and oxygen atoms in total. The summed E-state index contributed by atoms with van der Waals surface area (Å²) < 4.78 is 22.7. The highest BCUT2D eigenvalue weighted by molar-refractivity contribution is 5.76. The lowest BCUT2D eigenvalue weighted by Gasteiger charge is -2.46. The van der Waals surface area contributed by atoms with Crippen molar-refractivity contribution in [3.8, 4) is 0 Å². The second kappa shape index (κ2) is 41.0. The highest BCUT2D eigenvalue weighted by Gasteiger charge is 2.51. The summed E-state index contributed by atoms with van der Waals surface area (Å²) >= 11 is 0. The first-order chi connectivity index (χ1) is 33.1. The van der Waals surface area contributed by atoms with Crippen molar-refractivity contribution in [2.75, 3.05) is 19.8 Å². The number of aliphatic hydroxyl groups excluding tert-OH is 8. The number of aliphatic hydroxyl groups is 8. The van der Waals surface area contributed by atoms with E-state index in [9.17, 15) is 45.6 Å². The van der Waals surface area contributed by atoms with Crippen molar-refractivity contribution in [3.05, 3.63) is 24.3 Å². The van der Waals surface area contributed by atoms with Gasteiger partial charge >= 0.3 is 0 Å². The Kier molecular flexibility index (Phi) is 37.7. The van der Waals surface area contributed by atoms with E-state index in [1.807, 2.05) is 6.08 Å². The van der Waals surface area contributed by atoms with Gasteiger partial charge in [-0.15, -0.1) is 0 Å². The molecule has 2 saturated heterocycles. The number of allylic oxidation sites excluding steroid dienone is 3. The van der Waals surface area contributed by atoms with Gasteiger partial charge in [0.25, 0.3) is 0 Å². The molecule has 9 N–H and O–H groups in total. The average molecular weight is 972 g/mol. The lowest BCUT2D eigenvalue weighted by Crippen LogP contribution is -2.65. The number of carbonyl (C=O) groups excluding carboxylic acids is 1. The topological polar surface area (TPSA) is 228 Å². The lowest BCUT2D eigenvalue weighted by molar-refractivity contribution is -0.359. The summed E-state index contributed by atoms with van der Waals surface area (Å²) in [4.78, 5) is 13.2. The van der Waals surface area contributed by atoms with Crippen LogP contribution < -0.4 is 5.32 Å². The van der Waals surface area contributed by atoms with Crippen molar-refractivity contribution < 1.29 is 64.6 Å². The lowest BCUT2D eigenvalue weighted by atomic mass is 9.97. The Hall–Kier alpha value is -1.53. The van der Waals surface area contributed by atoms with E-state index in [1.54, 1.807) is 6.08 Å². The summed E-state index contributed by atoms with van der Waals surface area (Å²) in [5, 5.41) is 86.9. The molecule has 0 aromatic rings. The first-order valence-corrected chi connectivity index (χ1v) is 27.6. The van der Waals surface area contributed by atoms with E-state index in [4.69, 9.17) is 18.9 Å². The van der Waals surface area contributed by atoms with Gasteiger partial charge in [0.05, 0.1) is 32.0 Å². The van der Waals surface area contributed by atoms with Crippen LogP contribution in [0.1, 0.15) is 219 Å². The molecule has 2 rings (SSSR count). The largest absolute Gasteiger partial charge is 0.394 e. The van der Waals surface area contributed by atoms with Crippen LogP contribution in [0.3, 0.4) is 0 Å². The zero-order valence-corrected chi connectivity index (χ0v) is 42.6. The van der Waals surface area contributed by atoms with Crippen LogP contribution >= 0.6 is 0 Å². The number of unbranched alkanes of at least 4 members (excludes halogenated alkanes) is 28. The third-order valence-corrected chi connectivity index (χ3v) is 13.6. The zero-order valence-electron chi connectivity index (χ0n) is 42.6. The van der Waals surface area contributed by atoms with Crippen molar-refractivity contribution in [1.82, 2.24) is 5.32 Å². The fourth-order valence-electron chi connectivity index (χ4n) is 9.13. The molecule has 12 unspecified atom stereocenters. The highest BCUT2D eigenvalue weighted by atomic mass is 16.7. The summed E-state index contributed by atoms with van der Waals surface area (Å²) in [6.07, 6.45) is 29.3. The standard InChI is InChI=1S/C54H101NO13/c1-3-5-7-9-11-13-15-17-19-21-23-25-27-29-31-33-35-37-43(58)42(55-46(59)38-36-34-32-30-28-26-24-22-20-18-16-14-12-10-8-6-4-2)41-65-53-51(64)49(62)52(45(40-57)67-53)68-54-50(63)48(61)47(60)44(39-56)66-54/h27,29,35,37,42-45,47-54,56-58,60-64H,3-26,28,30-34,36,38-41H2,1-2H3,(H,55,59)/b29-27+,37-35+. The number of rotatable bonds is 43. The minimum atomic E-state index is -1.79. The molecular formula is C54H101NO13. The molecule has 0 saturated carbocycles. The molecule has 1 amide bonds. The Balaban J connectivity index is 1.83. The Morgan fingerprint density at radius 1 is 0.515 bits per heavy atom. The normalized spacial score (nSPS) is 26.5. The molecule has 2 fully saturated rings. The van der Waals surface area contributed by atoms with E-state index in [1.165, 1.54) is 154 Å². The number of hydrogen-bond acceptors (Lipinski definition) is 13. The van der Waals surface area contributed by atoms with Gasteiger partial charge in [0.15, 0.2) is 12.6 Å². The predicted molar refractivity (Wildman–Crippen MR) is 268 cm³/mol. The third-order valence-electron chi connectivity index (χ3n) is 13.6. The quantitative estimate of drug-likeness (QED) is 0.0208. The van der Waals surface area contributed by atoms with Gasteiger partial charge in [-0.1, -0.05) is 205 Å². The predicted octanol–water partition coefficient (Wildman–Crippen LogP) is 8.11. The maximum absolute atomic E-state index is 13.2. The van der Waals surface area contributed by atoms with E-state index in [-0.39, 0.29) is 18.9 Å². The van der Waals surface area contributed by atoms with Gasteiger partial charge in [0.2, 0.25) is 5.91 Å². The summed E-state index contributed by atoms with van der Waals surface area (Å²) in [5.74, 6) is -0.247. The first kappa shape index (κ1) is 62.6. The molecule has 12 atom stereocenters. The smallest absolute Gasteiger partial charge is 0.220 e. The van der Waals surface area contributed by atoms with E-state index >= 15 is 0 Å². The van der Waals surface area contributed by atoms with Crippen LogP contribution in [0.4, 0.5) is 0 Å². The SMILES string of the molecule is CCCCCCCCCCCCC/C=C/CC/C=C/C(O)C(COC1OC(CO)C(OC2OC(CO)C(O)C(O)C2O)C(O)C1O)NC(=O)CCCCCCCCCCCCCCCCCCC. The highest BCUT2D eigenvalue weighted by Crippen LogP contribution is 2.30. The van der Waals surface area contributed by atoms with Gasteiger partial charge in [-0.3, -0.25) is 4.79 Å². The molecule has 0 aromatic carbocycles. The van der Waals surface area contributed by atoms with Gasteiger partial charge in [-0.2, -0.15) is 0 Å². The molecule has 68 heavy (non-hydrogen) atoms. The zero-order chi connectivity index (χ0) is 49.6. The molecule has 14 heteroatoms. The Morgan fingerprint density at radius 3 is 1.44 bits per heavy atom. The number of carbonyl (C=O) groups is 1. The van der Waals surface area contributed by atoms with Gasteiger partial charge in [-0.05, 0) is 32.1 Å². The van der Waals surface area contributed by atoms with Crippen LogP contribution in [0.2, 0.25) is 0 Å². The molecule has 0 aromatic heterocycles. The van der Waals surface area contributed by atoms with Crippen molar-refractivity contribution in [1.29, 1.82) is 0 Å². The molecule has 2 aliphatic heterocycles. The third kappa shape index (κ3) is 27.3. The molecule has 2 heterocycles. The van der Waals surface area contributed by atoms with Gasteiger partial charge in [0.1, 0.15) is 48.8 Å². The second-order valence-corrected chi connectivity index (χ2v) is 19.7. The molecule has 0 spiro atoms. The summed E-state index contributed by atoms with van der Waals surface area (Å²) in [7, 11) is 0. The molecule has 0 radical (unpaired) electrons. The van der Waals surface area contributed by atoms with Gasteiger partial charge in [0, 0.05) is 6.42 Å². The van der Waals surface area contributed by atoms with Crippen LogP contribution in [0, 0.1) is 0 Å². The average Bonchev–Trinajstić information content (AvgIpc) is 3.34. The Morgan fingerprint density at radius 2 is 0.941 bits per heavy atom. The first-order valence-electron chi connectivity index (χ1n) is 27.6. The minimum absolute atomic E-state index is 0.247. The van der Waals surface area contributed by atoms with E-state index in [0.717, 1.165) is 32.1 Å². The van der Waals surface area contributed by atoms with Crippen molar-refractivity contribution in [3.63, 3.8) is 0 Å². The maximum atomic E-state index is 13.2. The number of nitrogens with one attached hydrogen (secondary N) is 1. The van der Waals surface area contributed by atoms with Crippen LogP contribution in [-0.2, 0) is 23.7 Å². The Bertz CT molecular complexity index is 1240. The van der Waals surface area contributed by atoms with Crippen LogP contribution in [0.5, 0.6) is 0 Å². The van der Waals surface area contributed by atoms with E-state index < -0.39 is 86.8 Å².